The van der Waals surface area contributed by atoms with Crippen molar-refractivity contribution >= 4 is 32.5 Å². The van der Waals surface area contributed by atoms with E-state index >= 15 is 0 Å². The lowest BCUT2D eigenvalue weighted by Gasteiger charge is -2.10. The fourth-order valence-electron chi connectivity index (χ4n) is 2.75. The molecule has 125 valence electrons. The van der Waals surface area contributed by atoms with E-state index in [4.69, 9.17) is 11.6 Å². The van der Waals surface area contributed by atoms with Crippen molar-refractivity contribution in [3.05, 3.63) is 59.7 Å². The number of benzene rings is 2. The van der Waals surface area contributed by atoms with Gasteiger partial charge in [0.15, 0.2) is 9.84 Å². The minimum absolute atomic E-state index is 0.108. The normalized spacial score (nSPS) is 12.0. The summed E-state index contributed by atoms with van der Waals surface area (Å²) >= 11 is 6.22. The Morgan fingerprint density at radius 1 is 1.21 bits per heavy atom. The van der Waals surface area contributed by atoms with Gasteiger partial charge in [0.05, 0.1) is 21.0 Å². The number of aromatic nitrogens is 2. The van der Waals surface area contributed by atoms with Gasteiger partial charge in [-0.05, 0) is 43.2 Å². The minimum atomic E-state index is -3.40. The molecule has 2 aromatic carbocycles. The van der Waals surface area contributed by atoms with E-state index in [9.17, 15) is 8.42 Å². The van der Waals surface area contributed by atoms with Gasteiger partial charge in [-0.2, -0.15) is 0 Å². The second kappa shape index (κ2) is 6.22. The van der Waals surface area contributed by atoms with Gasteiger partial charge in [-0.15, -0.1) is 0 Å². The van der Waals surface area contributed by atoms with Gasteiger partial charge in [0, 0.05) is 18.4 Å². The van der Waals surface area contributed by atoms with Crippen molar-refractivity contribution < 1.29 is 8.42 Å². The summed E-state index contributed by atoms with van der Waals surface area (Å²) in [6.07, 6.45) is 2.60. The summed E-state index contributed by atoms with van der Waals surface area (Å²) in [4.78, 5) is 4.70. The third kappa shape index (κ3) is 2.94. The summed E-state index contributed by atoms with van der Waals surface area (Å²) in [5.41, 5.74) is 3.54. The average molecular weight is 362 g/mol. The van der Waals surface area contributed by atoms with Gasteiger partial charge < -0.3 is 0 Å². The smallest absolute Gasteiger partial charge is 0.177 e. The summed E-state index contributed by atoms with van der Waals surface area (Å²) in [6.45, 7) is 5.90. The van der Waals surface area contributed by atoms with Crippen LogP contribution in [0.5, 0.6) is 0 Å². The van der Waals surface area contributed by atoms with E-state index in [0.717, 1.165) is 41.7 Å². The third-order valence-corrected chi connectivity index (χ3v) is 5.54. The Bertz CT molecular complexity index is 1010. The molecular formula is C18H18ClN2O2S. The number of fused-ring (bicyclic) bond motifs is 1. The lowest BCUT2D eigenvalue weighted by Crippen LogP contribution is -2.01. The molecule has 0 N–H and O–H groups in total. The first-order valence-electron chi connectivity index (χ1n) is 7.64. The molecule has 0 saturated heterocycles. The maximum Gasteiger partial charge on any atom is 0.177 e. The first-order valence-corrected chi connectivity index (χ1v) is 9.91. The van der Waals surface area contributed by atoms with Crippen LogP contribution in [0.1, 0.15) is 18.3 Å². The SMILES string of the molecule is [CH2]Cc1ccc(-n2c(CC)nc3cc(S(C)(=O)=O)c(Cl)cc32)cc1. The lowest BCUT2D eigenvalue weighted by atomic mass is 10.1. The highest BCUT2D eigenvalue weighted by Crippen LogP contribution is 2.30. The molecule has 0 bridgehead atoms. The number of rotatable bonds is 4. The molecule has 0 spiro atoms. The van der Waals surface area contributed by atoms with Crippen LogP contribution in [0.3, 0.4) is 0 Å². The highest BCUT2D eigenvalue weighted by Gasteiger charge is 2.18. The molecule has 0 unspecified atom stereocenters. The van der Waals surface area contributed by atoms with Crippen molar-refractivity contribution in [3.8, 4) is 5.69 Å². The maximum absolute atomic E-state index is 11.9. The zero-order valence-corrected chi connectivity index (χ0v) is 15.2. The van der Waals surface area contributed by atoms with E-state index in [1.165, 1.54) is 0 Å². The summed E-state index contributed by atoms with van der Waals surface area (Å²) < 4.78 is 25.8. The number of hydrogen-bond donors (Lipinski definition) is 0. The van der Waals surface area contributed by atoms with E-state index in [0.29, 0.717) is 5.52 Å². The molecule has 0 atom stereocenters. The summed E-state index contributed by atoms with van der Waals surface area (Å²) in [6, 6.07) is 11.3. The fourth-order valence-corrected chi connectivity index (χ4v) is 4.07. The number of hydrogen-bond acceptors (Lipinski definition) is 3. The van der Waals surface area contributed by atoms with Gasteiger partial charge in [0.25, 0.3) is 0 Å². The molecule has 24 heavy (non-hydrogen) atoms. The standard InChI is InChI=1S/C18H18ClN2O2S/c1-4-12-6-8-13(9-7-12)21-16-10-14(19)17(24(3,22)23)11-15(16)20-18(21)5-2/h6-11H,1,4-5H2,2-3H3. The Balaban J connectivity index is 2.28. The Hall–Kier alpha value is -1.85. The number of imidazole rings is 1. The topological polar surface area (TPSA) is 52.0 Å². The van der Waals surface area contributed by atoms with E-state index in [1.807, 2.05) is 35.8 Å². The monoisotopic (exact) mass is 361 g/mol. The molecular weight excluding hydrogens is 344 g/mol. The number of sulfone groups is 1. The molecule has 0 saturated carbocycles. The first-order chi connectivity index (χ1) is 11.3. The molecule has 1 aromatic heterocycles. The Kier molecular flexibility index (Phi) is 4.40. The fraction of sp³-hybridized carbons (Fsp3) is 0.222. The van der Waals surface area contributed by atoms with E-state index in [1.54, 1.807) is 12.1 Å². The van der Waals surface area contributed by atoms with Crippen LogP contribution in [0.4, 0.5) is 0 Å². The molecule has 4 nitrogen and oxygen atoms in total. The summed E-state index contributed by atoms with van der Waals surface area (Å²) in [7, 11) is -3.40. The number of halogens is 1. The molecule has 0 aliphatic heterocycles. The summed E-state index contributed by atoms with van der Waals surface area (Å²) in [5.74, 6) is 0.856. The van der Waals surface area contributed by atoms with Gasteiger partial charge in [0.1, 0.15) is 5.82 Å². The van der Waals surface area contributed by atoms with Crippen molar-refractivity contribution in [2.45, 2.75) is 24.7 Å². The highest BCUT2D eigenvalue weighted by molar-refractivity contribution is 7.90. The predicted molar refractivity (Wildman–Crippen MR) is 97.6 cm³/mol. The van der Waals surface area contributed by atoms with Crippen LogP contribution in [-0.2, 0) is 22.7 Å². The summed E-state index contributed by atoms with van der Waals surface area (Å²) in [5, 5.41) is 0.211. The van der Waals surface area contributed by atoms with Crippen molar-refractivity contribution in [1.29, 1.82) is 0 Å². The van der Waals surface area contributed by atoms with Crippen molar-refractivity contribution in [2.75, 3.05) is 6.26 Å². The highest BCUT2D eigenvalue weighted by atomic mass is 35.5. The van der Waals surface area contributed by atoms with Gasteiger partial charge in [-0.25, -0.2) is 13.4 Å². The minimum Gasteiger partial charge on any atom is -0.296 e. The second-order valence-electron chi connectivity index (χ2n) is 5.68. The molecule has 0 amide bonds. The molecule has 0 fully saturated rings. The molecule has 1 radical (unpaired) electrons. The van der Waals surface area contributed by atoms with E-state index < -0.39 is 9.84 Å². The van der Waals surface area contributed by atoms with Crippen molar-refractivity contribution in [3.63, 3.8) is 0 Å². The van der Waals surface area contributed by atoms with Gasteiger partial charge in [-0.3, -0.25) is 4.57 Å². The molecule has 6 heteroatoms. The van der Waals surface area contributed by atoms with Crippen LogP contribution in [0.15, 0.2) is 41.3 Å². The first kappa shape index (κ1) is 17.0. The average Bonchev–Trinajstić information content (AvgIpc) is 2.90. The van der Waals surface area contributed by atoms with Gasteiger partial charge in [-0.1, -0.05) is 30.7 Å². The molecule has 0 aliphatic rings. The van der Waals surface area contributed by atoms with Crippen LogP contribution in [0.25, 0.3) is 16.7 Å². The largest absolute Gasteiger partial charge is 0.296 e. The Morgan fingerprint density at radius 3 is 2.42 bits per heavy atom. The predicted octanol–water partition coefficient (Wildman–Crippen LogP) is 4.02. The van der Waals surface area contributed by atoms with Crippen molar-refractivity contribution in [1.82, 2.24) is 9.55 Å². The van der Waals surface area contributed by atoms with Crippen LogP contribution in [0, 0.1) is 6.92 Å². The molecule has 1 heterocycles. The molecule has 3 rings (SSSR count). The molecule has 0 aliphatic carbocycles. The second-order valence-corrected chi connectivity index (χ2v) is 8.07. The van der Waals surface area contributed by atoms with Crippen molar-refractivity contribution in [2.24, 2.45) is 0 Å². The van der Waals surface area contributed by atoms with Gasteiger partial charge in [0.2, 0.25) is 0 Å². The Labute approximate surface area is 147 Å². The van der Waals surface area contributed by atoms with Crippen LogP contribution in [-0.4, -0.2) is 24.2 Å². The van der Waals surface area contributed by atoms with Crippen LogP contribution >= 0.6 is 11.6 Å². The number of nitrogens with zero attached hydrogens (tertiary/aromatic N) is 2. The third-order valence-electron chi connectivity index (χ3n) is 3.98. The zero-order valence-electron chi connectivity index (χ0n) is 13.6. The Morgan fingerprint density at radius 2 is 1.88 bits per heavy atom. The quantitative estimate of drug-likeness (QED) is 0.705. The van der Waals surface area contributed by atoms with Crippen LogP contribution < -0.4 is 0 Å². The lowest BCUT2D eigenvalue weighted by molar-refractivity contribution is 0.602. The zero-order chi connectivity index (χ0) is 17.5. The van der Waals surface area contributed by atoms with Gasteiger partial charge >= 0.3 is 0 Å². The number of aryl methyl sites for hydroxylation is 1. The van der Waals surface area contributed by atoms with E-state index in [2.05, 4.69) is 11.9 Å². The maximum atomic E-state index is 11.9. The van der Waals surface area contributed by atoms with Crippen LogP contribution in [0.2, 0.25) is 5.02 Å². The molecule has 3 aromatic rings. The van der Waals surface area contributed by atoms with E-state index in [-0.39, 0.29) is 9.92 Å².